The van der Waals surface area contributed by atoms with Crippen molar-refractivity contribution in [1.82, 2.24) is 19.1 Å². The molecule has 2 rings (SSSR count). The number of hydrogen-bond donors (Lipinski definition) is 1. The highest BCUT2D eigenvalue weighted by Crippen LogP contribution is 2.09. The quantitative estimate of drug-likeness (QED) is 0.858. The number of fused-ring (bicyclic) bond motifs is 1. The number of halogens is 1. The monoisotopic (exact) mass is 328 g/mol. The van der Waals surface area contributed by atoms with Crippen molar-refractivity contribution in [3.8, 4) is 0 Å². The summed E-state index contributed by atoms with van der Waals surface area (Å²) >= 11 is 3.40. The normalized spacial score (nSPS) is 13.1. The van der Waals surface area contributed by atoms with E-state index in [1.165, 1.54) is 4.57 Å². The van der Waals surface area contributed by atoms with Crippen molar-refractivity contribution in [2.24, 2.45) is 5.92 Å². The molecule has 19 heavy (non-hydrogen) atoms. The molecule has 7 heteroatoms. The summed E-state index contributed by atoms with van der Waals surface area (Å²) in [5.74, 6) is 0.918. The molecule has 104 valence electrons. The van der Waals surface area contributed by atoms with Gasteiger partial charge in [0.2, 0.25) is 0 Å². The van der Waals surface area contributed by atoms with E-state index >= 15 is 0 Å². The summed E-state index contributed by atoms with van der Waals surface area (Å²) in [5, 5.41) is 0.787. The lowest BCUT2D eigenvalue weighted by Crippen LogP contribution is -2.40. The van der Waals surface area contributed by atoms with Crippen LogP contribution >= 0.6 is 15.9 Å². The lowest BCUT2D eigenvalue weighted by molar-refractivity contribution is 0.499. The summed E-state index contributed by atoms with van der Waals surface area (Å²) in [5.41, 5.74) is 0.260. The summed E-state index contributed by atoms with van der Waals surface area (Å²) in [6.07, 6.45) is 0. The van der Waals surface area contributed by atoms with Gasteiger partial charge in [-0.05, 0) is 19.8 Å². The summed E-state index contributed by atoms with van der Waals surface area (Å²) in [6, 6.07) is 0. The van der Waals surface area contributed by atoms with E-state index in [1.54, 1.807) is 18.4 Å². The highest BCUT2D eigenvalue weighted by Gasteiger charge is 2.16. The van der Waals surface area contributed by atoms with E-state index in [-0.39, 0.29) is 17.2 Å². The first kappa shape index (κ1) is 14.0. The summed E-state index contributed by atoms with van der Waals surface area (Å²) in [6.45, 7) is 6.49. The van der Waals surface area contributed by atoms with Crippen molar-refractivity contribution in [2.75, 3.05) is 5.33 Å². The highest BCUT2D eigenvalue weighted by molar-refractivity contribution is 9.09. The second-order valence-electron chi connectivity index (χ2n) is 4.72. The van der Waals surface area contributed by atoms with Crippen LogP contribution in [0.3, 0.4) is 0 Å². The van der Waals surface area contributed by atoms with Crippen LogP contribution in [0.4, 0.5) is 0 Å². The number of nitrogens with one attached hydrogen (secondary N) is 1. The fraction of sp³-hybridized carbons (Fsp3) is 0.583. The largest absolute Gasteiger partial charge is 0.336 e. The van der Waals surface area contributed by atoms with Gasteiger partial charge in [-0.3, -0.25) is 13.9 Å². The van der Waals surface area contributed by atoms with Crippen molar-refractivity contribution in [3.63, 3.8) is 0 Å². The molecular weight excluding hydrogens is 312 g/mol. The number of imidazole rings is 1. The maximum absolute atomic E-state index is 12.4. The third-order valence-electron chi connectivity index (χ3n) is 3.05. The molecule has 0 saturated carbocycles. The first-order chi connectivity index (χ1) is 8.99. The Bertz CT molecular complexity index is 713. The minimum absolute atomic E-state index is 0.278. The molecule has 0 amide bonds. The van der Waals surface area contributed by atoms with E-state index in [1.807, 2.05) is 6.92 Å². The number of aromatic amines is 1. The molecule has 0 spiro atoms. The lowest BCUT2D eigenvalue weighted by atomic mass is 10.2. The van der Waals surface area contributed by atoms with Gasteiger partial charge in [-0.1, -0.05) is 22.9 Å². The van der Waals surface area contributed by atoms with Gasteiger partial charge >= 0.3 is 5.69 Å². The van der Waals surface area contributed by atoms with Crippen LogP contribution in [0, 0.1) is 12.8 Å². The molecule has 0 bridgehead atoms. The maximum atomic E-state index is 12.4. The molecule has 0 aliphatic carbocycles. The number of nitrogens with zero attached hydrogens (tertiary/aromatic N) is 3. The zero-order chi connectivity index (χ0) is 14.2. The van der Waals surface area contributed by atoms with Crippen LogP contribution in [0.2, 0.25) is 0 Å². The van der Waals surface area contributed by atoms with Crippen molar-refractivity contribution in [3.05, 3.63) is 26.7 Å². The van der Waals surface area contributed by atoms with Crippen LogP contribution in [0.5, 0.6) is 0 Å². The Morgan fingerprint density at radius 2 is 2.05 bits per heavy atom. The van der Waals surface area contributed by atoms with Gasteiger partial charge in [0, 0.05) is 18.4 Å². The zero-order valence-corrected chi connectivity index (χ0v) is 12.8. The van der Waals surface area contributed by atoms with Gasteiger partial charge < -0.3 is 4.98 Å². The Morgan fingerprint density at radius 3 is 2.63 bits per heavy atom. The molecule has 0 radical (unpaired) electrons. The van der Waals surface area contributed by atoms with Gasteiger partial charge in [0.1, 0.15) is 11.3 Å². The van der Waals surface area contributed by atoms with Crippen LogP contribution in [-0.2, 0) is 13.1 Å². The van der Waals surface area contributed by atoms with Crippen LogP contribution < -0.4 is 11.2 Å². The predicted molar refractivity (Wildman–Crippen MR) is 78.0 cm³/mol. The minimum Gasteiger partial charge on any atom is -0.336 e. The van der Waals surface area contributed by atoms with E-state index in [2.05, 4.69) is 25.9 Å². The standard InChI is InChI=1S/C12H17BrN4O2/c1-4-16-11(18)9-10(15-8(3)14-9)17(12(16)19)6-7(2)5-13/h7H,4-6H2,1-3H3,(H,14,15). The maximum Gasteiger partial charge on any atom is 0.332 e. The van der Waals surface area contributed by atoms with E-state index in [0.717, 1.165) is 5.33 Å². The van der Waals surface area contributed by atoms with E-state index < -0.39 is 0 Å². The molecule has 2 heterocycles. The van der Waals surface area contributed by atoms with Gasteiger partial charge in [0.05, 0.1) is 0 Å². The second-order valence-corrected chi connectivity index (χ2v) is 5.37. The van der Waals surface area contributed by atoms with Crippen molar-refractivity contribution in [1.29, 1.82) is 0 Å². The van der Waals surface area contributed by atoms with E-state index in [9.17, 15) is 9.59 Å². The molecule has 0 aromatic carbocycles. The molecule has 0 saturated heterocycles. The first-order valence-electron chi connectivity index (χ1n) is 6.25. The van der Waals surface area contributed by atoms with Crippen LogP contribution in [0.1, 0.15) is 19.7 Å². The topological polar surface area (TPSA) is 72.7 Å². The fourth-order valence-electron chi connectivity index (χ4n) is 2.09. The molecule has 0 aliphatic heterocycles. The number of alkyl halides is 1. The van der Waals surface area contributed by atoms with E-state index in [0.29, 0.717) is 30.1 Å². The van der Waals surface area contributed by atoms with Gasteiger partial charge in [-0.15, -0.1) is 0 Å². The number of H-pyrrole nitrogens is 1. The Kier molecular flexibility index (Phi) is 3.93. The molecule has 1 N–H and O–H groups in total. The number of hydrogen-bond acceptors (Lipinski definition) is 3. The summed E-state index contributed by atoms with van der Waals surface area (Å²) in [4.78, 5) is 31.7. The Morgan fingerprint density at radius 1 is 1.37 bits per heavy atom. The number of aromatic nitrogens is 4. The Balaban J connectivity index is 2.80. The van der Waals surface area contributed by atoms with Gasteiger partial charge in [0.15, 0.2) is 5.65 Å². The molecule has 1 unspecified atom stereocenters. The number of aryl methyl sites for hydroxylation is 1. The molecule has 1 atom stereocenters. The molecule has 2 aromatic rings. The summed E-state index contributed by atoms with van der Waals surface area (Å²) < 4.78 is 2.82. The van der Waals surface area contributed by atoms with Gasteiger partial charge in [-0.25, -0.2) is 9.78 Å². The van der Waals surface area contributed by atoms with Gasteiger partial charge in [-0.2, -0.15) is 0 Å². The predicted octanol–water partition coefficient (Wildman–Crippen LogP) is 1.25. The molecule has 0 fully saturated rings. The Labute approximate surface area is 118 Å². The Hall–Kier alpha value is -1.37. The number of rotatable bonds is 4. The van der Waals surface area contributed by atoms with Crippen LogP contribution in [-0.4, -0.2) is 24.4 Å². The van der Waals surface area contributed by atoms with Crippen molar-refractivity contribution >= 4 is 27.1 Å². The lowest BCUT2D eigenvalue weighted by Gasteiger charge is -2.13. The average molecular weight is 329 g/mol. The second kappa shape index (κ2) is 5.32. The van der Waals surface area contributed by atoms with Crippen molar-refractivity contribution in [2.45, 2.75) is 33.9 Å². The van der Waals surface area contributed by atoms with Crippen LogP contribution in [0.25, 0.3) is 11.2 Å². The van der Waals surface area contributed by atoms with Crippen LogP contribution in [0.15, 0.2) is 9.59 Å². The molecule has 6 nitrogen and oxygen atoms in total. The molecule has 2 aromatic heterocycles. The average Bonchev–Trinajstić information content (AvgIpc) is 2.77. The SMILES string of the molecule is CCn1c(=O)c2[nH]c(C)nc2n(CC(C)CBr)c1=O. The molecule has 0 aliphatic rings. The highest BCUT2D eigenvalue weighted by atomic mass is 79.9. The van der Waals surface area contributed by atoms with Crippen molar-refractivity contribution < 1.29 is 0 Å². The smallest absolute Gasteiger partial charge is 0.332 e. The van der Waals surface area contributed by atoms with Gasteiger partial charge in [0.25, 0.3) is 5.56 Å². The minimum atomic E-state index is -0.300. The third kappa shape index (κ3) is 2.39. The first-order valence-corrected chi connectivity index (χ1v) is 7.37. The zero-order valence-electron chi connectivity index (χ0n) is 11.2. The third-order valence-corrected chi connectivity index (χ3v) is 4.16. The summed E-state index contributed by atoms with van der Waals surface area (Å²) in [7, 11) is 0. The van der Waals surface area contributed by atoms with E-state index in [4.69, 9.17) is 0 Å². The molecular formula is C12H17BrN4O2. The fourth-order valence-corrected chi connectivity index (χ4v) is 2.29.